The molecule has 0 N–H and O–H groups in total. The maximum absolute atomic E-state index is 9.21. The van der Waals surface area contributed by atoms with Gasteiger partial charge >= 0.3 is 204 Å². The van der Waals surface area contributed by atoms with Crippen LogP contribution < -0.4 is 0 Å². The predicted molar refractivity (Wildman–Crippen MR) is 46.9 cm³/mol. The van der Waals surface area contributed by atoms with Gasteiger partial charge < -0.3 is 0 Å². The van der Waals surface area contributed by atoms with Crippen molar-refractivity contribution in [3.63, 3.8) is 0 Å². The summed E-state index contributed by atoms with van der Waals surface area (Å²) in [6, 6.07) is 0. The molecule has 0 fully saturated rings. The average molecular weight is 515 g/mol. The van der Waals surface area contributed by atoms with E-state index < -0.39 is 40.3 Å². The van der Waals surface area contributed by atoms with Gasteiger partial charge in [0.2, 0.25) is 0 Å². The van der Waals surface area contributed by atoms with E-state index in [0.717, 1.165) is 0 Å². The first kappa shape index (κ1) is 37.1. The molecular weight excluding hydrogens is 515 g/mol. The molecule has 0 radical (unpaired) electrons. The molecule has 0 heterocycles. The van der Waals surface area contributed by atoms with Crippen LogP contribution in [0.5, 0.6) is 0 Å². The van der Waals surface area contributed by atoms with E-state index in [-0.39, 0.29) is 126 Å². The molecule has 16 heavy (non-hydrogen) atoms. The molecule has 0 saturated carbocycles. The zero-order chi connectivity index (χ0) is 14.8. The fourth-order valence-electron chi connectivity index (χ4n) is 0.0227. The SMILES string of the molecule is O=[Si]=O.[O]=[Al][O][Al]=[O].[O]=[Ba].[O]=[Ca].[O]=[Mg].[O]=[Sr]. The fourth-order valence-corrected chi connectivity index (χ4v) is 0.204. The van der Waals surface area contributed by atoms with Gasteiger partial charge in [-0.1, -0.05) is 0 Å². The average Bonchev–Trinajstić information content (AvgIpc) is 2.41. The Kier molecular flexibility index (Phi) is 213. The van der Waals surface area contributed by atoms with Gasteiger partial charge in [0.05, 0.1) is 0 Å². The summed E-state index contributed by atoms with van der Waals surface area (Å²) in [4.78, 5) is 0. The Labute approximate surface area is 206 Å². The molecule has 0 unspecified atom stereocenters. The van der Waals surface area contributed by atoms with Crippen molar-refractivity contribution in [1.29, 1.82) is 0 Å². The Morgan fingerprint density at radius 1 is 1.06 bits per heavy atom. The summed E-state index contributed by atoms with van der Waals surface area (Å²) in [6.07, 6.45) is 0. The minimum absolute atomic E-state index is 0.1000. The maximum atomic E-state index is 9.21. The van der Waals surface area contributed by atoms with Crippen molar-refractivity contribution in [2.75, 3.05) is 0 Å². The van der Waals surface area contributed by atoms with E-state index in [0.29, 0.717) is 21.7 Å². The van der Waals surface area contributed by atoms with Gasteiger partial charge in [0, 0.05) is 0 Å². The van der Waals surface area contributed by atoms with Crippen LogP contribution >= 0.6 is 0 Å². The number of hydrogen-bond acceptors (Lipinski definition) is 9. The molecular formula is Al2BaCaMgO9SiSr. The van der Waals surface area contributed by atoms with Crippen molar-refractivity contribution in [1.82, 2.24) is 0 Å². The quantitative estimate of drug-likeness (QED) is 0.340. The molecule has 0 aromatic carbocycles. The zero-order valence-electron chi connectivity index (χ0n) is 8.16. The number of hydrogen-bond donors (Lipinski definition) is 0. The molecule has 9 nitrogen and oxygen atoms in total. The zero-order valence-corrected chi connectivity index (χ0v) is 23.0. The van der Waals surface area contributed by atoms with Gasteiger partial charge in [-0.2, -0.15) is 0 Å². The molecule has 72 valence electrons. The van der Waals surface area contributed by atoms with E-state index in [9.17, 15) is 7.61 Å². The summed E-state index contributed by atoms with van der Waals surface area (Å²) in [5.41, 5.74) is 0. The third kappa shape index (κ3) is 133. The van der Waals surface area contributed by atoms with Crippen LogP contribution in [0, 0.1) is 0 Å². The van der Waals surface area contributed by atoms with Gasteiger partial charge in [-0.05, 0) is 0 Å². The standard InChI is InChI=1S/2Al.Ba.Ca.Mg.O2Si.7O.Sr/c;;;;;1-3-2;;;;;;;;. The molecule has 16 heteroatoms. The summed E-state index contributed by atoms with van der Waals surface area (Å²) in [5.74, 6) is 0. The second kappa shape index (κ2) is 92.0. The van der Waals surface area contributed by atoms with Crippen molar-refractivity contribution in [2.24, 2.45) is 0 Å². The third-order valence-electron chi connectivity index (χ3n) is 0.111. The molecule has 0 spiro atoms. The van der Waals surface area contributed by atoms with E-state index in [2.05, 4.69) is 2.84 Å². The first-order valence-electron chi connectivity index (χ1n) is 2.51. The summed E-state index contributed by atoms with van der Waals surface area (Å²) < 4.78 is 72.6. The summed E-state index contributed by atoms with van der Waals surface area (Å²) in [6.45, 7) is 0. The third-order valence-corrected chi connectivity index (χ3v) is 1.00. The summed E-state index contributed by atoms with van der Waals surface area (Å²) in [5, 5.41) is 0. The van der Waals surface area contributed by atoms with Gasteiger partial charge in [-0.25, -0.2) is 0 Å². The Bertz CT molecular complexity index is 144. The van der Waals surface area contributed by atoms with E-state index in [1.54, 1.807) is 0 Å². The van der Waals surface area contributed by atoms with Gasteiger partial charge in [0.25, 0.3) is 0 Å². The number of rotatable bonds is 2. The Hall–Kier alpha value is 4.56. The van der Waals surface area contributed by atoms with Crippen molar-refractivity contribution in [3.05, 3.63) is 0 Å². The molecule has 0 atom stereocenters. The molecule has 0 aliphatic carbocycles. The van der Waals surface area contributed by atoms with Crippen molar-refractivity contribution >= 4 is 188 Å². The first-order chi connectivity index (χ1) is 7.83. The van der Waals surface area contributed by atoms with Gasteiger partial charge in [0.1, 0.15) is 0 Å². The van der Waals surface area contributed by atoms with Crippen LogP contribution in [0.1, 0.15) is 0 Å². The Balaban J connectivity index is -0.0000000201. The molecule has 0 aromatic heterocycles. The van der Waals surface area contributed by atoms with Crippen molar-refractivity contribution in [2.45, 2.75) is 0 Å². The van der Waals surface area contributed by atoms with Crippen LogP contribution in [0.4, 0.5) is 0 Å². The predicted octanol–water partition coefficient (Wildman–Crippen LogP) is -3.68. The topological polar surface area (TPSA) is 146 Å². The first-order valence-corrected chi connectivity index (χ1v) is 9.92. The molecule has 0 amide bonds. The second-order valence-corrected chi connectivity index (χ2v) is 2.05. The molecule has 0 saturated heterocycles. The summed E-state index contributed by atoms with van der Waals surface area (Å²) in [7, 11) is -1.42. The molecule has 0 bridgehead atoms. The minimum atomic E-state index is -1.42. The Morgan fingerprint density at radius 3 is 1.19 bits per heavy atom. The van der Waals surface area contributed by atoms with Gasteiger partial charge in [0.15, 0.2) is 0 Å². The van der Waals surface area contributed by atoms with Gasteiger partial charge in [-0.3, -0.25) is 8.92 Å². The van der Waals surface area contributed by atoms with Crippen LogP contribution in [-0.2, 0) is 24.5 Å². The van der Waals surface area contributed by atoms with Crippen molar-refractivity contribution < 1.29 is 24.5 Å². The second-order valence-electron chi connectivity index (χ2n) is 0.412. The normalized spacial score (nSPS) is 3.25. The van der Waals surface area contributed by atoms with Crippen LogP contribution in [0.2, 0.25) is 0 Å². The fraction of sp³-hybridized carbons (Fsp3) is 0. The molecule has 0 aromatic rings. The van der Waals surface area contributed by atoms with Gasteiger partial charge in [-0.15, -0.1) is 0 Å². The van der Waals surface area contributed by atoms with Crippen LogP contribution in [-0.4, -0.2) is 188 Å². The summed E-state index contributed by atoms with van der Waals surface area (Å²) >= 11 is -2.07. The van der Waals surface area contributed by atoms with E-state index in [1.807, 2.05) is 0 Å². The van der Waals surface area contributed by atoms with Crippen LogP contribution in [0.15, 0.2) is 0 Å². The van der Waals surface area contributed by atoms with Crippen LogP contribution in [0.25, 0.3) is 0 Å². The molecule has 0 aliphatic rings. The van der Waals surface area contributed by atoms with E-state index >= 15 is 0 Å². The monoisotopic (exact) mass is 516 g/mol. The molecule has 0 aliphatic heterocycles. The Morgan fingerprint density at radius 2 is 1.19 bits per heavy atom. The molecule has 0 rings (SSSR count). The van der Waals surface area contributed by atoms with E-state index in [4.69, 9.17) is 14.0 Å². The van der Waals surface area contributed by atoms with Crippen LogP contribution in [0.3, 0.4) is 0 Å². The van der Waals surface area contributed by atoms with E-state index in [1.165, 1.54) is 0 Å². The van der Waals surface area contributed by atoms with Crippen molar-refractivity contribution in [3.8, 4) is 0 Å².